The second-order valence-electron chi connectivity index (χ2n) is 16.4. The first kappa shape index (κ1) is 43.3. The Morgan fingerprint density at radius 2 is 1.12 bits per heavy atom. The zero-order chi connectivity index (χ0) is 41.5. The first-order chi connectivity index (χ1) is 27.0. The zero-order valence-electron chi connectivity index (χ0n) is 33.7. The molecule has 0 spiro atoms. The van der Waals surface area contributed by atoms with Gasteiger partial charge in [0.15, 0.2) is 34.9 Å². The molecule has 6 aromatic rings. The van der Waals surface area contributed by atoms with Gasteiger partial charge in [-0.15, -0.1) is 0 Å². The fourth-order valence-electron chi connectivity index (χ4n) is 5.99. The predicted octanol–water partition coefficient (Wildman–Crippen LogP) is 10.9. The van der Waals surface area contributed by atoms with Gasteiger partial charge in [-0.3, -0.25) is 4.79 Å². The Kier molecular flexibility index (Phi) is 14.1. The lowest BCUT2D eigenvalue weighted by Gasteiger charge is -2.15. The van der Waals surface area contributed by atoms with Crippen molar-refractivity contribution >= 4 is 55.5 Å². The molecule has 0 aliphatic carbocycles. The average Bonchev–Trinajstić information content (AvgIpc) is 3.67. The number of hydrogen-bond donors (Lipinski definition) is 2. The maximum atomic E-state index is 15.2. The molecular weight excluding hydrogens is 769 g/mol. The van der Waals surface area contributed by atoms with E-state index in [0.29, 0.717) is 48.0 Å². The standard InChI is InChI=1S/C23H29F2N3O2Si.C19H23F2N3OSi/c1-5-9-19(29)26-23-18-14-17(16-10-7-6-8-11-16)20(24)21(25)22(18)28(27-23)15-30-12-13-31(2,3)4;1-26(2,3)10-9-25-12-24-18-15(19(22)23-24)11-14(16(20)17(18)21)13-7-5-4-6-8-13/h6-8,10-11,14H,5,9,12-13,15H2,1-4H3,(H,26,27,29);4-8,11H,9-10,12H2,1-3H3,(H2,22,23). The van der Waals surface area contributed by atoms with Gasteiger partial charge in [-0.05, 0) is 41.8 Å². The van der Waals surface area contributed by atoms with Crippen molar-refractivity contribution in [1.82, 2.24) is 19.6 Å². The number of aromatic nitrogens is 4. The number of anilines is 2. The molecule has 4 aromatic carbocycles. The van der Waals surface area contributed by atoms with Crippen LogP contribution in [0.4, 0.5) is 29.2 Å². The summed E-state index contributed by atoms with van der Waals surface area (Å²) in [6.07, 6.45) is 0.985. The molecule has 9 nitrogen and oxygen atoms in total. The highest BCUT2D eigenvalue weighted by molar-refractivity contribution is 6.76. The summed E-state index contributed by atoms with van der Waals surface area (Å²) in [5, 5.41) is 11.9. The minimum atomic E-state index is -1.29. The Bertz CT molecular complexity index is 2310. The van der Waals surface area contributed by atoms with Crippen LogP contribution < -0.4 is 11.1 Å². The Labute approximate surface area is 333 Å². The highest BCUT2D eigenvalue weighted by atomic mass is 28.3. The zero-order valence-corrected chi connectivity index (χ0v) is 35.7. The molecule has 0 aliphatic rings. The maximum absolute atomic E-state index is 15.2. The van der Waals surface area contributed by atoms with Crippen molar-refractivity contribution in [2.75, 3.05) is 24.3 Å². The number of nitrogens with two attached hydrogens (primary N) is 1. The number of ether oxygens (including phenoxy) is 2. The van der Waals surface area contributed by atoms with Gasteiger partial charge in [0.25, 0.3) is 0 Å². The molecule has 57 heavy (non-hydrogen) atoms. The second kappa shape index (κ2) is 18.6. The van der Waals surface area contributed by atoms with Gasteiger partial charge in [-0.1, -0.05) is 107 Å². The number of carbonyl (C=O) groups is 1. The van der Waals surface area contributed by atoms with Gasteiger partial charge in [-0.2, -0.15) is 10.2 Å². The summed E-state index contributed by atoms with van der Waals surface area (Å²) < 4.78 is 73.5. The molecule has 0 atom stereocenters. The summed E-state index contributed by atoms with van der Waals surface area (Å²) in [5.41, 5.74) is 7.39. The predicted molar refractivity (Wildman–Crippen MR) is 226 cm³/mol. The van der Waals surface area contributed by atoms with E-state index in [2.05, 4.69) is 54.8 Å². The number of rotatable bonds is 15. The highest BCUT2D eigenvalue weighted by Crippen LogP contribution is 2.35. The van der Waals surface area contributed by atoms with Gasteiger partial charge in [0, 0.05) is 57.7 Å². The van der Waals surface area contributed by atoms with E-state index in [-0.39, 0.29) is 53.2 Å². The average molecular weight is 821 g/mol. The molecule has 0 aliphatic heterocycles. The van der Waals surface area contributed by atoms with Crippen molar-refractivity contribution in [2.24, 2.45) is 0 Å². The Morgan fingerprint density at radius 1 is 0.684 bits per heavy atom. The summed E-state index contributed by atoms with van der Waals surface area (Å²) in [6, 6.07) is 22.6. The third-order valence-corrected chi connectivity index (χ3v) is 12.6. The van der Waals surface area contributed by atoms with Crippen LogP contribution in [-0.4, -0.2) is 54.8 Å². The van der Waals surface area contributed by atoms with Crippen LogP contribution in [0.1, 0.15) is 19.8 Å². The number of nitrogens with one attached hydrogen (secondary N) is 1. The molecular formula is C42H52F4N6O3Si2. The minimum Gasteiger partial charge on any atom is -0.382 e. The normalized spacial score (nSPS) is 11.9. The van der Waals surface area contributed by atoms with E-state index in [1.54, 1.807) is 54.6 Å². The Morgan fingerprint density at radius 3 is 1.58 bits per heavy atom. The van der Waals surface area contributed by atoms with Crippen LogP contribution in [0.3, 0.4) is 0 Å². The first-order valence-electron chi connectivity index (χ1n) is 19.1. The van der Waals surface area contributed by atoms with E-state index in [9.17, 15) is 18.0 Å². The van der Waals surface area contributed by atoms with E-state index in [0.717, 1.165) is 12.1 Å². The third-order valence-electron chi connectivity index (χ3n) is 9.18. The van der Waals surface area contributed by atoms with Crippen molar-refractivity contribution in [3.05, 3.63) is 96.1 Å². The van der Waals surface area contributed by atoms with Crippen LogP contribution in [0.15, 0.2) is 72.8 Å². The smallest absolute Gasteiger partial charge is 0.225 e. The summed E-state index contributed by atoms with van der Waals surface area (Å²) in [6.45, 7) is 16.4. The molecule has 0 saturated carbocycles. The lowest BCUT2D eigenvalue weighted by Crippen LogP contribution is -2.22. The topological polar surface area (TPSA) is 109 Å². The van der Waals surface area contributed by atoms with Crippen molar-refractivity contribution in [2.45, 2.75) is 84.6 Å². The number of nitrogens with zero attached hydrogens (tertiary/aromatic N) is 4. The van der Waals surface area contributed by atoms with Crippen molar-refractivity contribution in [3.63, 3.8) is 0 Å². The molecule has 0 saturated heterocycles. The van der Waals surface area contributed by atoms with Crippen LogP contribution in [-0.2, 0) is 27.7 Å². The second-order valence-corrected chi connectivity index (χ2v) is 27.6. The first-order valence-corrected chi connectivity index (χ1v) is 26.5. The number of nitrogen functional groups attached to an aromatic ring is 1. The largest absolute Gasteiger partial charge is 0.382 e. The van der Waals surface area contributed by atoms with E-state index in [1.807, 2.05) is 19.1 Å². The van der Waals surface area contributed by atoms with Crippen LogP contribution in [0, 0.1) is 23.3 Å². The minimum absolute atomic E-state index is 0.0167. The molecule has 15 heteroatoms. The van der Waals surface area contributed by atoms with E-state index < -0.39 is 39.4 Å². The molecule has 0 radical (unpaired) electrons. The van der Waals surface area contributed by atoms with Crippen molar-refractivity contribution in [1.29, 1.82) is 0 Å². The fourth-order valence-corrected chi connectivity index (χ4v) is 7.50. The van der Waals surface area contributed by atoms with Gasteiger partial charge in [0.2, 0.25) is 5.91 Å². The van der Waals surface area contributed by atoms with Gasteiger partial charge in [0.1, 0.15) is 24.5 Å². The van der Waals surface area contributed by atoms with Gasteiger partial charge in [0.05, 0.1) is 0 Å². The van der Waals surface area contributed by atoms with E-state index >= 15 is 4.39 Å². The van der Waals surface area contributed by atoms with Crippen LogP contribution >= 0.6 is 0 Å². The van der Waals surface area contributed by atoms with Gasteiger partial charge in [-0.25, -0.2) is 26.9 Å². The Hall–Kier alpha value is -4.84. The Balaban J connectivity index is 0.000000221. The number of hydrogen-bond acceptors (Lipinski definition) is 6. The SMILES string of the molecule is CCCC(=O)Nc1nn(COCC[Si](C)(C)C)c2c(F)c(F)c(-c3ccccc3)cc12.C[Si](C)(C)CCOCn1nc(N)c2cc(-c3ccccc3)c(F)c(F)c21. The third kappa shape index (κ3) is 11.0. The van der Waals surface area contributed by atoms with Crippen molar-refractivity contribution < 1.29 is 31.8 Å². The molecule has 6 rings (SSSR count). The van der Waals surface area contributed by atoms with E-state index in [1.165, 1.54) is 15.4 Å². The summed E-state index contributed by atoms with van der Waals surface area (Å²) in [4.78, 5) is 12.2. The monoisotopic (exact) mass is 820 g/mol. The fraction of sp³-hybridized carbons (Fsp3) is 0.357. The molecule has 0 fully saturated rings. The van der Waals surface area contributed by atoms with E-state index in [4.69, 9.17) is 15.2 Å². The summed E-state index contributed by atoms with van der Waals surface area (Å²) in [7, 11) is -2.51. The molecule has 2 heterocycles. The van der Waals surface area contributed by atoms with Crippen molar-refractivity contribution in [3.8, 4) is 22.3 Å². The summed E-state index contributed by atoms with van der Waals surface area (Å²) in [5.74, 6) is -3.68. The van der Waals surface area contributed by atoms with Crippen LogP contribution in [0.25, 0.3) is 44.1 Å². The number of benzene rings is 4. The van der Waals surface area contributed by atoms with Crippen LogP contribution in [0.5, 0.6) is 0 Å². The number of amides is 1. The van der Waals surface area contributed by atoms with Crippen LogP contribution in [0.2, 0.25) is 51.4 Å². The number of halogens is 4. The number of fused-ring (bicyclic) bond motifs is 2. The van der Waals surface area contributed by atoms with Gasteiger partial charge < -0.3 is 20.5 Å². The lowest BCUT2D eigenvalue weighted by atomic mass is 10.0. The maximum Gasteiger partial charge on any atom is 0.225 e. The molecule has 0 unspecified atom stereocenters. The lowest BCUT2D eigenvalue weighted by molar-refractivity contribution is -0.116. The number of carbonyl (C=O) groups excluding carboxylic acids is 1. The molecule has 3 N–H and O–H groups in total. The molecule has 2 aromatic heterocycles. The quantitative estimate of drug-likeness (QED) is 0.0607. The summed E-state index contributed by atoms with van der Waals surface area (Å²) >= 11 is 0. The van der Waals surface area contributed by atoms with Gasteiger partial charge >= 0.3 is 0 Å². The molecule has 304 valence electrons. The molecule has 0 bridgehead atoms. The highest BCUT2D eigenvalue weighted by Gasteiger charge is 2.24. The molecule has 1 amide bonds.